The summed E-state index contributed by atoms with van der Waals surface area (Å²) in [5.74, 6) is 1.64. The molecule has 3 aliphatic rings. The molecule has 3 aromatic heterocycles. The first kappa shape index (κ1) is 17.8. The molecule has 0 atom stereocenters. The molecule has 1 aliphatic carbocycles. The minimum absolute atomic E-state index is 0.267. The molecule has 0 radical (unpaired) electrons. The molecule has 1 saturated carbocycles. The van der Waals surface area contributed by atoms with Gasteiger partial charge in [-0.05, 0) is 44.4 Å². The predicted molar refractivity (Wildman–Crippen MR) is 112 cm³/mol. The largest absolute Gasteiger partial charge is 0.348 e. The highest BCUT2D eigenvalue weighted by Crippen LogP contribution is 2.39. The van der Waals surface area contributed by atoms with Crippen LogP contribution in [0.3, 0.4) is 0 Å². The number of imidazole rings is 1. The Kier molecular flexibility index (Phi) is 4.64. The van der Waals surface area contributed by atoms with Gasteiger partial charge in [0.1, 0.15) is 6.33 Å². The van der Waals surface area contributed by atoms with Crippen LogP contribution in [0, 0.1) is 18.8 Å². The predicted octanol–water partition coefficient (Wildman–Crippen LogP) is 4.48. The lowest BCUT2D eigenvalue weighted by Gasteiger charge is -2.21. The number of carbonyl (C=O) groups excluding carboxylic acids is 1. The smallest absolute Gasteiger partial charge is 0.333 e. The van der Waals surface area contributed by atoms with Crippen LogP contribution in [0.2, 0.25) is 0 Å². The van der Waals surface area contributed by atoms with Crippen molar-refractivity contribution < 1.29 is 4.79 Å². The highest BCUT2D eigenvalue weighted by Gasteiger charge is 2.30. The lowest BCUT2D eigenvalue weighted by Crippen LogP contribution is -2.27. The summed E-state index contributed by atoms with van der Waals surface area (Å²) >= 11 is 3.18. The van der Waals surface area contributed by atoms with Gasteiger partial charge in [0.25, 0.3) is 0 Å². The number of thiazole rings is 2. The first-order chi connectivity index (χ1) is 13.7. The van der Waals surface area contributed by atoms with Crippen LogP contribution in [0.5, 0.6) is 0 Å². The van der Waals surface area contributed by atoms with Gasteiger partial charge in [-0.25, -0.2) is 19.7 Å². The molecule has 2 bridgehead atoms. The van der Waals surface area contributed by atoms with Crippen LogP contribution in [0.1, 0.15) is 31.4 Å². The van der Waals surface area contributed by atoms with Gasteiger partial charge < -0.3 is 4.90 Å². The molecule has 1 amide bonds. The fraction of sp³-hybridized carbons (Fsp3) is 0.474. The summed E-state index contributed by atoms with van der Waals surface area (Å²) in [5.41, 5.74) is 1.84. The van der Waals surface area contributed by atoms with Crippen LogP contribution in [0.4, 0.5) is 15.1 Å². The Morgan fingerprint density at radius 3 is 2.61 bits per heavy atom. The summed E-state index contributed by atoms with van der Waals surface area (Å²) in [6.45, 7) is 4.23. The third-order valence-electron chi connectivity index (χ3n) is 5.67. The van der Waals surface area contributed by atoms with Gasteiger partial charge in [-0.2, -0.15) is 0 Å². The SMILES string of the molecule is Cc1nc(NC(=O)n2ccnc2)sc1-c1csc(N2CC3CCC(CC3)C2)n1. The summed E-state index contributed by atoms with van der Waals surface area (Å²) in [4.78, 5) is 29.0. The second-order valence-electron chi connectivity index (χ2n) is 7.64. The maximum absolute atomic E-state index is 12.2. The molecule has 0 unspecified atom stereocenters. The second-order valence-corrected chi connectivity index (χ2v) is 9.48. The Labute approximate surface area is 171 Å². The number of nitrogens with zero attached hydrogens (tertiary/aromatic N) is 5. The zero-order valence-corrected chi connectivity index (χ0v) is 17.3. The maximum Gasteiger partial charge on any atom is 0.333 e. The minimum atomic E-state index is -0.267. The van der Waals surface area contributed by atoms with E-state index in [1.54, 1.807) is 23.7 Å². The minimum Gasteiger partial charge on any atom is -0.348 e. The molecule has 2 aliphatic heterocycles. The number of carbonyl (C=O) groups is 1. The fourth-order valence-electron chi connectivity index (χ4n) is 4.19. The first-order valence-electron chi connectivity index (χ1n) is 9.63. The molecule has 0 spiro atoms. The van der Waals surface area contributed by atoms with E-state index < -0.39 is 0 Å². The number of fused-ring (bicyclic) bond motifs is 4. The van der Waals surface area contributed by atoms with E-state index in [0.29, 0.717) is 5.13 Å². The number of nitrogens with one attached hydrogen (secondary N) is 1. The summed E-state index contributed by atoms with van der Waals surface area (Å²) in [5, 5.41) is 6.64. The van der Waals surface area contributed by atoms with Crippen molar-refractivity contribution in [3.8, 4) is 10.6 Å². The van der Waals surface area contributed by atoms with Crippen molar-refractivity contribution in [1.29, 1.82) is 0 Å². The highest BCUT2D eigenvalue weighted by molar-refractivity contribution is 7.20. The lowest BCUT2D eigenvalue weighted by atomic mass is 9.84. The first-order valence-corrected chi connectivity index (χ1v) is 11.3. The Morgan fingerprint density at radius 2 is 1.93 bits per heavy atom. The third-order valence-corrected chi connectivity index (χ3v) is 7.66. The molecule has 146 valence electrons. The maximum atomic E-state index is 12.2. The number of amides is 1. The van der Waals surface area contributed by atoms with E-state index in [9.17, 15) is 4.79 Å². The molecular weight excluding hydrogens is 392 g/mol. The molecule has 0 aromatic carbocycles. The van der Waals surface area contributed by atoms with Gasteiger partial charge >= 0.3 is 6.03 Å². The molecule has 1 N–H and O–H groups in total. The van der Waals surface area contributed by atoms with Gasteiger partial charge in [0, 0.05) is 30.9 Å². The lowest BCUT2D eigenvalue weighted by molar-refractivity contribution is 0.253. The normalized spacial score (nSPS) is 21.7. The number of rotatable bonds is 3. The zero-order valence-electron chi connectivity index (χ0n) is 15.7. The van der Waals surface area contributed by atoms with Crippen LogP contribution in [0.25, 0.3) is 10.6 Å². The number of hydrogen-bond acceptors (Lipinski definition) is 7. The summed E-state index contributed by atoms with van der Waals surface area (Å²) in [6, 6.07) is -0.267. The number of hydrogen-bond donors (Lipinski definition) is 1. The van der Waals surface area contributed by atoms with Crippen molar-refractivity contribution in [3.05, 3.63) is 29.8 Å². The Balaban J connectivity index is 1.34. The van der Waals surface area contributed by atoms with Gasteiger partial charge in [-0.1, -0.05) is 11.3 Å². The number of aryl methyl sites for hydroxylation is 1. The summed E-state index contributed by atoms with van der Waals surface area (Å²) < 4.78 is 1.39. The topological polar surface area (TPSA) is 75.9 Å². The van der Waals surface area contributed by atoms with E-state index in [-0.39, 0.29) is 6.03 Å². The second kappa shape index (κ2) is 7.29. The van der Waals surface area contributed by atoms with E-state index in [1.807, 2.05) is 6.92 Å². The standard InChI is InChI=1S/C19H22N6OS2/c1-12-16(28-17(21-12)23-18(26)24-7-6-20-11-24)15-10-27-19(22-15)25-8-13-2-3-14(9-25)5-4-13/h6-7,10-11,13-14H,2-5,8-9H2,1H3,(H,21,23,26). The molecule has 28 heavy (non-hydrogen) atoms. The fourth-order valence-corrected chi connectivity index (χ4v) is 6.02. The third kappa shape index (κ3) is 3.44. The Bertz CT molecular complexity index is 957. The zero-order chi connectivity index (χ0) is 19.1. The number of aromatic nitrogens is 4. The van der Waals surface area contributed by atoms with Crippen LogP contribution >= 0.6 is 22.7 Å². The van der Waals surface area contributed by atoms with Gasteiger partial charge in [-0.3, -0.25) is 9.88 Å². The number of anilines is 2. The molecular formula is C19H22N6OS2. The van der Waals surface area contributed by atoms with Gasteiger partial charge in [0.05, 0.1) is 16.3 Å². The van der Waals surface area contributed by atoms with Crippen molar-refractivity contribution >= 4 is 39.0 Å². The summed E-state index contributed by atoms with van der Waals surface area (Å²) in [6.07, 6.45) is 10.1. The van der Waals surface area contributed by atoms with E-state index in [0.717, 1.165) is 46.3 Å². The van der Waals surface area contributed by atoms with Crippen LogP contribution in [-0.2, 0) is 0 Å². The van der Waals surface area contributed by atoms with Gasteiger partial charge in [0.2, 0.25) is 0 Å². The molecule has 7 nitrogen and oxygen atoms in total. The van der Waals surface area contributed by atoms with Crippen molar-refractivity contribution in [2.24, 2.45) is 11.8 Å². The van der Waals surface area contributed by atoms with E-state index >= 15 is 0 Å². The highest BCUT2D eigenvalue weighted by atomic mass is 32.1. The molecule has 5 heterocycles. The van der Waals surface area contributed by atoms with E-state index in [2.05, 4.69) is 25.6 Å². The van der Waals surface area contributed by atoms with Crippen LogP contribution in [0.15, 0.2) is 24.1 Å². The molecule has 3 fully saturated rings. The molecule has 6 rings (SSSR count). The van der Waals surface area contributed by atoms with Gasteiger partial charge in [-0.15, -0.1) is 11.3 Å². The van der Waals surface area contributed by atoms with E-state index in [1.165, 1.54) is 47.9 Å². The Hall–Kier alpha value is -2.26. The quantitative estimate of drug-likeness (QED) is 0.684. The average Bonchev–Trinajstić information content (AvgIpc) is 3.40. The van der Waals surface area contributed by atoms with Crippen molar-refractivity contribution in [2.75, 3.05) is 23.3 Å². The van der Waals surface area contributed by atoms with Crippen molar-refractivity contribution in [1.82, 2.24) is 19.5 Å². The molecule has 2 saturated heterocycles. The molecule has 9 heteroatoms. The van der Waals surface area contributed by atoms with E-state index in [4.69, 9.17) is 4.98 Å². The monoisotopic (exact) mass is 414 g/mol. The van der Waals surface area contributed by atoms with Crippen LogP contribution < -0.4 is 10.2 Å². The molecule has 3 aromatic rings. The summed E-state index contributed by atoms with van der Waals surface area (Å²) in [7, 11) is 0. The van der Waals surface area contributed by atoms with Crippen molar-refractivity contribution in [2.45, 2.75) is 32.6 Å². The average molecular weight is 415 g/mol. The van der Waals surface area contributed by atoms with Crippen LogP contribution in [-0.4, -0.2) is 38.6 Å². The van der Waals surface area contributed by atoms with Crippen molar-refractivity contribution in [3.63, 3.8) is 0 Å². The van der Waals surface area contributed by atoms with Gasteiger partial charge in [0.15, 0.2) is 10.3 Å². The Morgan fingerprint density at radius 1 is 1.18 bits per heavy atom.